The Hall–Kier alpha value is -0.960. The van der Waals surface area contributed by atoms with Gasteiger partial charge in [0.1, 0.15) is 0 Å². The van der Waals surface area contributed by atoms with Crippen molar-refractivity contribution >= 4 is 19.9 Å². The van der Waals surface area contributed by atoms with Crippen molar-refractivity contribution in [1.82, 2.24) is 4.31 Å². The summed E-state index contributed by atoms with van der Waals surface area (Å²) in [5.41, 5.74) is 0. The van der Waals surface area contributed by atoms with Gasteiger partial charge >= 0.3 is 0 Å². The fourth-order valence-corrected chi connectivity index (χ4v) is 5.44. The van der Waals surface area contributed by atoms with E-state index in [-0.39, 0.29) is 10.6 Å². The number of likely N-dealkylation sites (N-methyl/N-ethyl adjacent to an activating group) is 1. The van der Waals surface area contributed by atoms with Crippen molar-refractivity contribution in [2.75, 3.05) is 18.6 Å². The predicted octanol–water partition coefficient (Wildman–Crippen LogP) is -0.535. The molecule has 0 radical (unpaired) electrons. The van der Waals surface area contributed by atoms with Gasteiger partial charge in [-0.05, 0) is 12.1 Å². The smallest absolute Gasteiger partial charge is 0.243 e. The van der Waals surface area contributed by atoms with E-state index >= 15 is 0 Å². The lowest BCUT2D eigenvalue weighted by Crippen LogP contribution is -2.44. The summed E-state index contributed by atoms with van der Waals surface area (Å²) < 4.78 is 48.4. The summed E-state index contributed by atoms with van der Waals surface area (Å²) in [5.74, 6) is -0.747. The first kappa shape index (κ1) is 14.4. The van der Waals surface area contributed by atoms with Crippen LogP contribution in [-0.4, -0.2) is 56.9 Å². The molecule has 1 aromatic rings. The Morgan fingerprint density at radius 1 is 1.21 bits per heavy atom. The molecule has 1 saturated heterocycles. The van der Waals surface area contributed by atoms with E-state index < -0.39 is 37.8 Å². The van der Waals surface area contributed by atoms with Gasteiger partial charge in [0.25, 0.3) is 0 Å². The Labute approximate surface area is 112 Å². The summed E-state index contributed by atoms with van der Waals surface area (Å²) in [4.78, 5) is 0.0778. The van der Waals surface area contributed by atoms with Crippen LogP contribution in [0.5, 0.6) is 0 Å². The number of hydrogen-bond acceptors (Lipinski definition) is 5. The van der Waals surface area contributed by atoms with Crippen molar-refractivity contribution in [3.8, 4) is 0 Å². The van der Waals surface area contributed by atoms with E-state index in [1.165, 1.54) is 19.2 Å². The molecular formula is C11H15NO5S2. The standard InChI is InChI=1S/C11H15NO5S2/c1-12(10-7-18(14,15)8-11(10)13)19(16,17)9-5-3-2-4-6-9/h2-6,10-11,13H,7-8H2,1H3/t10-,11+/m1/s1. The molecule has 19 heavy (non-hydrogen) atoms. The third-order valence-corrected chi connectivity index (χ3v) is 6.78. The van der Waals surface area contributed by atoms with Crippen LogP contribution >= 0.6 is 0 Å². The lowest BCUT2D eigenvalue weighted by Gasteiger charge is -2.25. The molecule has 0 aliphatic carbocycles. The SMILES string of the molecule is CN([C@@H]1CS(=O)(=O)C[C@@H]1O)S(=O)(=O)c1ccccc1. The first-order valence-corrected chi connectivity index (χ1v) is 8.92. The van der Waals surface area contributed by atoms with E-state index in [2.05, 4.69) is 0 Å². The van der Waals surface area contributed by atoms with Crippen LogP contribution in [0.4, 0.5) is 0 Å². The number of benzene rings is 1. The Bertz CT molecular complexity index is 654. The zero-order valence-electron chi connectivity index (χ0n) is 10.3. The molecule has 1 heterocycles. The summed E-state index contributed by atoms with van der Waals surface area (Å²) in [5, 5.41) is 9.72. The van der Waals surface area contributed by atoms with Crippen molar-refractivity contribution < 1.29 is 21.9 Å². The molecule has 8 heteroatoms. The van der Waals surface area contributed by atoms with Crippen molar-refractivity contribution in [2.24, 2.45) is 0 Å². The Morgan fingerprint density at radius 3 is 2.26 bits per heavy atom. The highest BCUT2D eigenvalue weighted by atomic mass is 32.2. The van der Waals surface area contributed by atoms with Gasteiger partial charge in [-0.2, -0.15) is 4.31 Å². The third-order valence-electron chi connectivity index (χ3n) is 3.18. The maximum atomic E-state index is 12.3. The summed E-state index contributed by atoms with van der Waals surface area (Å²) in [6, 6.07) is 6.79. The van der Waals surface area contributed by atoms with Gasteiger partial charge < -0.3 is 5.11 Å². The van der Waals surface area contributed by atoms with E-state index in [0.29, 0.717) is 0 Å². The van der Waals surface area contributed by atoms with Crippen LogP contribution in [0.2, 0.25) is 0 Å². The molecule has 2 atom stereocenters. The number of sulfonamides is 1. The second-order valence-corrected chi connectivity index (χ2v) is 8.70. The lowest BCUT2D eigenvalue weighted by molar-refractivity contribution is 0.137. The molecule has 1 aliphatic heterocycles. The van der Waals surface area contributed by atoms with Gasteiger partial charge in [0.15, 0.2) is 9.84 Å². The highest BCUT2D eigenvalue weighted by Gasteiger charge is 2.42. The van der Waals surface area contributed by atoms with Crippen molar-refractivity contribution in [1.29, 1.82) is 0 Å². The minimum atomic E-state index is -3.80. The molecular weight excluding hydrogens is 290 g/mol. The van der Waals surface area contributed by atoms with Crippen LogP contribution in [0.25, 0.3) is 0 Å². The Balaban J connectivity index is 2.33. The number of nitrogens with zero attached hydrogens (tertiary/aromatic N) is 1. The Morgan fingerprint density at radius 2 is 1.79 bits per heavy atom. The van der Waals surface area contributed by atoms with Gasteiger partial charge in [0.2, 0.25) is 10.0 Å². The molecule has 0 aromatic heterocycles. The molecule has 2 rings (SSSR count). The Kier molecular flexibility index (Phi) is 3.69. The lowest BCUT2D eigenvalue weighted by atomic mass is 10.2. The molecule has 1 aliphatic rings. The first-order chi connectivity index (χ1) is 8.74. The predicted molar refractivity (Wildman–Crippen MR) is 69.8 cm³/mol. The van der Waals surface area contributed by atoms with Gasteiger partial charge in [0.05, 0.1) is 28.5 Å². The van der Waals surface area contributed by atoms with Gasteiger partial charge in [0, 0.05) is 7.05 Å². The molecule has 0 bridgehead atoms. The van der Waals surface area contributed by atoms with Crippen LogP contribution in [0.3, 0.4) is 0 Å². The fraction of sp³-hybridized carbons (Fsp3) is 0.455. The number of aliphatic hydroxyl groups excluding tert-OH is 1. The maximum absolute atomic E-state index is 12.3. The molecule has 0 amide bonds. The maximum Gasteiger partial charge on any atom is 0.243 e. The molecule has 0 spiro atoms. The molecule has 0 saturated carbocycles. The molecule has 106 valence electrons. The first-order valence-electron chi connectivity index (χ1n) is 5.65. The van der Waals surface area contributed by atoms with E-state index in [1.807, 2.05) is 0 Å². The fourth-order valence-electron chi connectivity index (χ4n) is 2.09. The topological polar surface area (TPSA) is 91.8 Å². The average molecular weight is 305 g/mol. The monoisotopic (exact) mass is 305 g/mol. The molecule has 1 N–H and O–H groups in total. The van der Waals surface area contributed by atoms with Gasteiger partial charge in [-0.25, -0.2) is 16.8 Å². The summed E-state index contributed by atoms with van der Waals surface area (Å²) in [7, 11) is -5.90. The second kappa shape index (κ2) is 4.86. The minimum absolute atomic E-state index is 0.0778. The highest BCUT2D eigenvalue weighted by Crippen LogP contribution is 2.23. The minimum Gasteiger partial charge on any atom is -0.390 e. The zero-order chi connectivity index (χ0) is 14.3. The molecule has 6 nitrogen and oxygen atoms in total. The third kappa shape index (κ3) is 2.81. The largest absolute Gasteiger partial charge is 0.390 e. The van der Waals surface area contributed by atoms with Crippen molar-refractivity contribution in [3.63, 3.8) is 0 Å². The van der Waals surface area contributed by atoms with Gasteiger partial charge in [-0.1, -0.05) is 18.2 Å². The molecule has 0 unspecified atom stereocenters. The number of hydrogen-bond donors (Lipinski definition) is 1. The van der Waals surface area contributed by atoms with E-state index in [0.717, 1.165) is 4.31 Å². The van der Waals surface area contributed by atoms with E-state index in [9.17, 15) is 21.9 Å². The number of aliphatic hydroxyl groups is 1. The highest BCUT2D eigenvalue weighted by molar-refractivity contribution is 7.92. The summed E-state index contributed by atoms with van der Waals surface area (Å²) in [6.07, 6.45) is -1.19. The summed E-state index contributed by atoms with van der Waals surface area (Å²) in [6.45, 7) is 0. The van der Waals surface area contributed by atoms with Crippen molar-refractivity contribution in [3.05, 3.63) is 30.3 Å². The molecule has 1 fully saturated rings. The summed E-state index contributed by atoms with van der Waals surface area (Å²) >= 11 is 0. The van der Waals surface area contributed by atoms with Gasteiger partial charge in [-0.15, -0.1) is 0 Å². The van der Waals surface area contributed by atoms with Crippen LogP contribution in [0.1, 0.15) is 0 Å². The van der Waals surface area contributed by atoms with Crippen LogP contribution < -0.4 is 0 Å². The second-order valence-electron chi connectivity index (χ2n) is 4.55. The normalized spacial score (nSPS) is 26.7. The van der Waals surface area contributed by atoms with E-state index in [4.69, 9.17) is 0 Å². The van der Waals surface area contributed by atoms with Crippen LogP contribution in [0.15, 0.2) is 35.2 Å². The quantitative estimate of drug-likeness (QED) is 0.810. The van der Waals surface area contributed by atoms with Crippen molar-refractivity contribution in [2.45, 2.75) is 17.0 Å². The number of sulfone groups is 1. The zero-order valence-corrected chi connectivity index (χ0v) is 11.9. The van der Waals surface area contributed by atoms with Crippen LogP contribution in [-0.2, 0) is 19.9 Å². The van der Waals surface area contributed by atoms with E-state index in [1.54, 1.807) is 18.2 Å². The number of rotatable bonds is 3. The van der Waals surface area contributed by atoms with Gasteiger partial charge in [-0.3, -0.25) is 0 Å². The van der Waals surface area contributed by atoms with Crippen LogP contribution in [0, 0.1) is 0 Å². The average Bonchev–Trinajstić information content (AvgIpc) is 2.63. The molecule has 1 aromatic carbocycles.